The molecular weight excluding hydrogens is 358 g/mol. The van der Waals surface area contributed by atoms with Gasteiger partial charge in [0, 0.05) is 31.3 Å². The van der Waals surface area contributed by atoms with Crippen LogP contribution in [-0.2, 0) is 13.6 Å². The van der Waals surface area contributed by atoms with Crippen LogP contribution in [0.15, 0.2) is 53.6 Å². The van der Waals surface area contributed by atoms with E-state index in [-0.39, 0.29) is 5.56 Å². The van der Waals surface area contributed by atoms with E-state index >= 15 is 0 Å². The average Bonchev–Trinajstić information content (AvgIpc) is 2.70. The van der Waals surface area contributed by atoms with E-state index in [1.165, 1.54) is 6.07 Å². The van der Waals surface area contributed by atoms with Gasteiger partial charge in [0.15, 0.2) is 6.20 Å². The quantitative estimate of drug-likeness (QED) is 0.654. The number of aliphatic hydroxyl groups is 1. The maximum absolute atomic E-state index is 12.2. The first kappa shape index (κ1) is 18.3. The molecule has 7 heteroatoms. The van der Waals surface area contributed by atoms with Gasteiger partial charge < -0.3 is 24.0 Å². The monoisotopic (exact) mass is 382 g/mol. The van der Waals surface area contributed by atoms with Gasteiger partial charge in [0.1, 0.15) is 31.4 Å². The molecule has 1 aliphatic rings. The number of benzene rings is 1. The van der Waals surface area contributed by atoms with E-state index < -0.39 is 6.23 Å². The second kappa shape index (κ2) is 7.52. The van der Waals surface area contributed by atoms with E-state index in [0.29, 0.717) is 13.2 Å². The van der Waals surface area contributed by atoms with Crippen LogP contribution in [0.3, 0.4) is 0 Å². The second-order valence-electron chi connectivity index (χ2n) is 6.90. The van der Waals surface area contributed by atoms with Crippen LogP contribution in [0.1, 0.15) is 6.42 Å². The molecule has 3 heterocycles. The van der Waals surface area contributed by atoms with E-state index in [9.17, 15) is 9.90 Å². The summed E-state index contributed by atoms with van der Waals surface area (Å²) in [6.45, 7) is 1.59. The molecule has 0 spiro atoms. The number of hydrogen-bond acceptors (Lipinski definition) is 5. The van der Waals surface area contributed by atoms with Crippen LogP contribution >= 0.6 is 0 Å². The van der Waals surface area contributed by atoms with Crippen LogP contribution < -0.4 is 24.5 Å². The maximum Gasteiger partial charge on any atom is 0.250 e. The number of aryl methyl sites for hydroxylation is 1. The number of ether oxygens (including phenoxy) is 2. The Bertz CT molecular complexity index is 1060. The van der Waals surface area contributed by atoms with Crippen molar-refractivity contribution in [2.24, 2.45) is 7.05 Å². The van der Waals surface area contributed by atoms with E-state index in [0.717, 1.165) is 41.1 Å². The standard InChI is InChI=1S/C21H24N3O4/c1-22-9-7-19(17-5-4-16(27-2)13-18(17)22)28-12-11-23-14-15(3-6-20(23)25)24-10-8-21(24)26/h3-7,9,13-14,21,26H,8,10-12H2,1-2H3/q+1. The maximum atomic E-state index is 12.2. The second-order valence-corrected chi connectivity index (χ2v) is 6.90. The van der Waals surface area contributed by atoms with Gasteiger partial charge in [0.2, 0.25) is 5.52 Å². The molecule has 0 amide bonds. The summed E-state index contributed by atoms with van der Waals surface area (Å²) in [5.74, 6) is 1.55. The number of aliphatic hydroxyl groups excluding tert-OH is 1. The molecule has 1 fully saturated rings. The fraction of sp³-hybridized carbons (Fsp3) is 0.333. The molecule has 1 unspecified atom stereocenters. The normalized spacial score (nSPS) is 16.1. The Morgan fingerprint density at radius 1 is 1.25 bits per heavy atom. The zero-order valence-electron chi connectivity index (χ0n) is 16.0. The predicted molar refractivity (Wildman–Crippen MR) is 106 cm³/mol. The zero-order valence-corrected chi connectivity index (χ0v) is 16.0. The number of pyridine rings is 2. The van der Waals surface area contributed by atoms with E-state index in [1.807, 2.05) is 47.0 Å². The number of nitrogens with zero attached hydrogens (tertiary/aromatic N) is 3. The highest BCUT2D eigenvalue weighted by molar-refractivity contribution is 5.83. The fourth-order valence-corrected chi connectivity index (χ4v) is 3.41. The van der Waals surface area contributed by atoms with Gasteiger partial charge in [0.25, 0.3) is 5.56 Å². The van der Waals surface area contributed by atoms with Crippen molar-refractivity contribution in [3.8, 4) is 11.5 Å². The minimum absolute atomic E-state index is 0.0866. The topological polar surface area (TPSA) is 67.8 Å². The highest BCUT2D eigenvalue weighted by Crippen LogP contribution is 2.26. The van der Waals surface area contributed by atoms with E-state index in [1.54, 1.807) is 23.9 Å². The summed E-state index contributed by atoms with van der Waals surface area (Å²) < 4.78 is 14.9. The van der Waals surface area contributed by atoms with Crippen molar-refractivity contribution in [2.45, 2.75) is 19.2 Å². The van der Waals surface area contributed by atoms with Crippen LogP contribution in [0.4, 0.5) is 5.69 Å². The molecule has 3 aromatic rings. The molecule has 7 nitrogen and oxygen atoms in total. The third kappa shape index (κ3) is 3.41. The van der Waals surface area contributed by atoms with Crippen LogP contribution in [0.5, 0.6) is 11.5 Å². The predicted octanol–water partition coefficient (Wildman–Crippen LogP) is 1.44. The van der Waals surface area contributed by atoms with Crippen LogP contribution in [-0.4, -0.2) is 36.2 Å². The zero-order chi connectivity index (χ0) is 19.7. The molecule has 1 atom stereocenters. The molecule has 0 radical (unpaired) electrons. The van der Waals surface area contributed by atoms with E-state index in [4.69, 9.17) is 9.47 Å². The van der Waals surface area contributed by atoms with E-state index in [2.05, 4.69) is 0 Å². The molecule has 2 aromatic heterocycles. The minimum Gasteiger partial charge on any atom is -0.497 e. The number of methoxy groups -OCH3 is 1. The average molecular weight is 382 g/mol. The third-order valence-electron chi connectivity index (χ3n) is 5.18. The summed E-state index contributed by atoms with van der Waals surface area (Å²) in [4.78, 5) is 14.0. The Kier molecular flexibility index (Phi) is 4.92. The summed E-state index contributed by atoms with van der Waals surface area (Å²) in [6.07, 6.45) is 4.01. The summed E-state index contributed by atoms with van der Waals surface area (Å²) >= 11 is 0. The molecule has 1 aliphatic heterocycles. The number of aromatic nitrogens is 2. The SMILES string of the molecule is COc1ccc2c(OCCn3cc(N4CCC4O)ccc3=O)cc[n+](C)c2c1. The van der Waals surface area contributed by atoms with Gasteiger partial charge in [-0.3, -0.25) is 4.79 Å². The molecule has 0 saturated carbocycles. The van der Waals surface area contributed by atoms with Crippen molar-refractivity contribution in [2.75, 3.05) is 25.2 Å². The van der Waals surface area contributed by atoms with Crippen molar-refractivity contribution in [3.05, 3.63) is 59.1 Å². The van der Waals surface area contributed by atoms with Crippen molar-refractivity contribution >= 4 is 16.6 Å². The van der Waals surface area contributed by atoms with Crippen molar-refractivity contribution in [1.82, 2.24) is 4.57 Å². The van der Waals surface area contributed by atoms with Gasteiger partial charge in [-0.2, -0.15) is 0 Å². The Labute approximate surface area is 163 Å². The number of anilines is 1. The van der Waals surface area contributed by atoms with Crippen molar-refractivity contribution in [1.29, 1.82) is 0 Å². The number of fused-ring (bicyclic) bond motifs is 1. The fourth-order valence-electron chi connectivity index (χ4n) is 3.41. The lowest BCUT2D eigenvalue weighted by molar-refractivity contribution is -0.644. The van der Waals surface area contributed by atoms with Crippen LogP contribution in [0, 0.1) is 0 Å². The van der Waals surface area contributed by atoms with Gasteiger partial charge in [0.05, 0.1) is 30.8 Å². The molecule has 146 valence electrons. The highest BCUT2D eigenvalue weighted by atomic mass is 16.5. The molecule has 4 rings (SSSR count). The highest BCUT2D eigenvalue weighted by Gasteiger charge is 2.25. The lowest BCUT2D eigenvalue weighted by atomic mass is 10.1. The van der Waals surface area contributed by atoms with Gasteiger partial charge in [-0.25, -0.2) is 4.57 Å². The van der Waals surface area contributed by atoms with Crippen molar-refractivity contribution in [3.63, 3.8) is 0 Å². The first-order valence-electron chi connectivity index (χ1n) is 9.31. The molecule has 1 N–H and O–H groups in total. The number of hydrogen-bond donors (Lipinski definition) is 1. The molecular formula is C21H24N3O4+. The first-order valence-corrected chi connectivity index (χ1v) is 9.31. The molecule has 1 saturated heterocycles. The molecule has 0 bridgehead atoms. The Morgan fingerprint density at radius 2 is 2.11 bits per heavy atom. The Balaban J connectivity index is 1.51. The van der Waals surface area contributed by atoms with Gasteiger partial charge in [-0.15, -0.1) is 0 Å². The Morgan fingerprint density at radius 3 is 2.82 bits per heavy atom. The Hall–Kier alpha value is -3.06. The lowest BCUT2D eigenvalue weighted by Gasteiger charge is -2.39. The van der Waals surface area contributed by atoms with Crippen molar-refractivity contribution < 1.29 is 19.1 Å². The smallest absolute Gasteiger partial charge is 0.250 e. The largest absolute Gasteiger partial charge is 0.497 e. The summed E-state index contributed by atoms with van der Waals surface area (Å²) in [5, 5.41) is 10.8. The molecule has 28 heavy (non-hydrogen) atoms. The molecule has 0 aliphatic carbocycles. The summed E-state index contributed by atoms with van der Waals surface area (Å²) in [7, 11) is 3.62. The minimum atomic E-state index is -0.462. The molecule has 1 aromatic carbocycles. The third-order valence-corrected chi connectivity index (χ3v) is 5.18. The first-order chi connectivity index (χ1) is 13.6. The van der Waals surface area contributed by atoms with Gasteiger partial charge in [-0.05, 0) is 18.2 Å². The summed E-state index contributed by atoms with van der Waals surface area (Å²) in [6, 6.07) is 11.0. The van der Waals surface area contributed by atoms with Crippen LogP contribution in [0.25, 0.3) is 10.9 Å². The van der Waals surface area contributed by atoms with Crippen LogP contribution in [0.2, 0.25) is 0 Å². The number of rotatable bonds is 6. The van der Waals surface area contributed by atoms with Gasteiger partial charge >= 0.3 is 0 Å². The summed E-state index contributed by atoms with van der Waals surface area (Å²) in [5.41, 5.74) is 1.77. The van der Waals surface area contributed by atoms with Gasteiger partial charge in [-0.1, -0.05) is 0 Å². The lowest BCUT2D eigenvalue weighted by Crippen LogP contribution is -2.48.